The summed E-state index contributed by atoms with van der Waals surface area (Å²) < 4.78 is 0. The van der Waals surface area contributed by atoms with Gasteiger partial charge in [-0.15, -0.1) is 0 Å². The average Bonchev–Trinajstić information content (AvgIpc) is 2.43. The summed E-state index contributed by atoms with van der Waals surface area (Å²) in [4.78, 5) is 10.6. The molecule has 0 atom stereocenters. The molecule has 0 spiro atoms. The topological polar surface area (TPSA) is 71.8 Å². The smallest absolute Gasteiger partial charge is 0.217 e. The van der Waals surface area contributed by atoms with Gasteiger partial charge in [-0.2, -0.15) is 5.10 Å². The van der Waals surface area contributed by atoms with Crippen LogP contribution in [0.1, 0.15) is 30.3 Å². The van der Waals surface area contributed by atoms with Gasteiger partial charge in [-0.3, -0.25) is 9.89 Å². The van der Waals surface area contributed by atoms with E-state index in [1.54, 1.807) is 0 Å². The first kappa shape index (κ1) is 9.77. The van der Waals surface area contributed by atoms with Gasteiger partial charge in [0.1, 0.15) is 0 Å². The van der Waals surface area contributed by atoms with Crippen molar-refractivity contribution in [2.24, 2.45) is 5.73 Å². The van der Waals surface area contributed by atoms with Gasteiger partial charge in [0.15, 0.2) is 0 Å². The van der Waals surface area contributed by atoms with Crippen molar-refractivity contribution in [2.75, 3.05) is 0 Å². The van der Waals surface area contributed by atoms with Gasteiger partial charge in [0.25, 0.3) is 0 Å². The van der Waals surface area contributed by atoms with Crippen LogP contribution < -0.4 is 5.73 Å². The van der Waals surface area contributed by atoms with Crippen LogP contribution in [0.25, 0.3) is 0 Å². The molecule has 3 N–H and O–H groups in total. The Hall–Kier alpha value is -1.32. The number of nitrogens with two attached hydrogens (primary N) is 1. The Balaban J connectivity index is 2.73. The van der Waals surface area contributed by atoms with E-state index in [1.165, 1.54) is 0 Å². The molecule has 0 bridgehead atoms. The van der Waals surface area contributed by atoms with Gasteiger partial charge in [-0.05, 0) is 25.3 Å². The monoisotopic (exact) mass is 181 g/mol. The molecule has 4 heteroatoms. The number of aryl methyl sites for hydroxylation is 2. The lowest BCUT2D eigenvalue weighted by Gasteiger charge is -1.99. The van der Waals surface area contributed by atoms with Crippen LogP contribution in [-0.4, -0.2) is 16.1 Å². The molecule has 1 aromatic heterocycles. The van der Waals surface area contributed by atoms with E-state index in [0.29, 0.717) is 12.8 Å². The van der Waals surface area contributed by atoms with Crippen LogP contribution in [0.5, 0.6) is 0 Å². The highest BCUT2D eigenvalue weighted by molar-refractivity contribution is 5.74. The van der Waals surface area contributed by atoms with Gasteiger partial charge in [0, 0.05) is 12.1 Å². The van der Waals surface area contributed by atoms with E-state index in [2.05, 4.69) is 10.2 Å². The third kappa shape index (κ3) is 2.31. The van der Waals surface area contributed by atoms with E-state index < -0.39 is 0 Å². The van der Waals surface area contributed by atoms with Crippen LogP contribution in [0.4, 0.5) is 0 Å². The summed E-state index contributed by atoms with van der Waals surface area (Å²) >= 11 is 0. The summed E-state index contributed by atoms with van der Waals surface area (Å²) in [5.74, 6) is -0.261. The molecule has 0 fully saturated rings. The zero-order chi connectivity index (χ0) is 9.84. The van der Waals surface area contributed by atoms with Gasteiger partial charge >= 0.3 is 0 Å². The van der Waals surface area contributed by atoms with E-state index in [0.717, 1.165) is 23.4 Å². The molecule has 0 aliphatic rings. The van der Waals surface area contributed by atoms with Gasteiger partial charge < -0.3 is 5.73 Å². The summed E-state index contributed by atoms with van der Waals surface area (Å²) in [6, 6.07) is 0. The molecule has 72 valence electrons. The van der Waals surface area contributed by atoms with Crippen molar-refractivity contribution in [1.29, 1.82) is 0 Å². The van der Waals surface area contributed by atoms with Crippen molar-refractivity contribution in [1.82, 2.24) is 10.2 Å². The van der Waals surface area contributed by atoms with Crippen molar-refractivity contribution in [2.45, 2.75) is 33.1 Å². The molecule has 0 aromatic carbocycles. The van der Waals surface area contributed by atoms with Gasteiger partial charge in [-0.1, -0.05) is 6.92 Å². The molecule has 13 heavy (non-hydrogen) atoms. The van der Waals surface area contributed by atoms with E-state index in [4.69, 9.17) is 5.73 Å². The molecule has 1 rings (SSSR count). The molecule has 4 nitrogen and oxygen atoms in total. The molecule has 1 amide bonds. The Morgan fingerprint density at radius 3 is 2.85 bits per heavy atom. The minimum Gasteiger partial charge on any atom is -0.370 e. The second-order valence-electron chi connectivity index (χ2n) is 3.09. The highest BCUT2D eigenvalue weighted by Crippen LogP contribution is 2.12. The fourth-order valence-corrected chi connectivity index (χ4v) is 1.38. The Morgan fingerprint density at radius 1 is 1.62 bits per heavy atom. The summed E-state index contributed by atoms with van der Waals surface area (Å²) in [6.45, 7) is 4.01. The summed E-state index contributed by atoms with van der Waals surface area (Å²) in [5.41, 5.74) is 8.30. The van der Waals surface area contributed by atoms with Gasteiger partial charge in [0.2, 0.25) is 5.91 Å². The van der Waals surface area contributed by atoms with E-state index >= 15 is 0 Å². The minimum absolute atomic E-state index is 0.261. The van der Waals surface area contributed by atoms with E-state index in [-0.39, 0.29) is 5.91 Å². The van der Waals surface area contributed by atoms with Crippen molar-refractivity contribution >= 4 is 5.91 Å². The van der Waals surface area contributed by atoms with Crippen LogP contribution in [0.15, 0.2) is 0 Å². The molecule has 0 saturated heterocycles. The quantitative estimate of drug-likeness (QED) is 0.717. The van der Waals surface area contributed by atoms with Crippen molar-refractivity contribution in [3.63, 3.8) is 0 Å². The number of primary amides is 1. The average molecular weight is 181 g/mol. The first-order chi connectivity index (χ1) is 6.15. The Labute approximate surface area is 77.5 Å². The number of carbonyl (C=O) groups excluding carboxylic acids is 1. The number of H-pyrrole nitrogens is 1. The Bertz CT molecular complexity index is 304. The Kier molecular flexibility index (Phi) is 3.06. The van der Waals surface area contributed by atoms with E-state index in [9.17, 15) is 4.79 Å². The minimum atomic E-state index is -0.261. The van der Waals surface area contributed by atoms with Crippen LogP contribution in [-0.2, 0) is 17.6 Å². The number of aromatic amines is 1. The van der Waals surface area contributed by atoms with Crippen LogP contribution in [0.2, 0.25) is 0 Å². The number of aromatic nitrogens is 2. The van der Waals surface area contributed by atoms with Crippen molar-refractivity contribution in [3.05, 3.63) is 17.0 Å². The van der Waals surface area contributed by atoms with Gasteiger partial charge in [0.05, 0.1) is 5.69 Å². The number of hydrogen-bond acceptors (Lipinski definition) is 2. The third-order valence-electron chi connectivity index (χ3n) is 2.12. The predicted octanol–water partition coefficient (Wildman–Crippen LogP) is 0.698. The normalized spacial score (nSPS) is 10.3. The molecular formula is C9H15N3O. The maximum absolute atomic E-state index is 10.6. The third-order valence-corrected chi connectivity index (χ3v) is 2.12. The molecular weight excluding hydrogens is 166 g/mol. The fraction of sp³-hybridized carbons (Fsp3) is 0.556. The van der Waals surface area contributed by atoms with Crippen molar-refractivity contribution in [3.8, 4) is 0 Å². The summed E-state index contributed by atoms with van der Waals surface area (Å²) in [7, 11) is 0. The van der Waals surface area contributed by atoms with Gasteiger partial charge in [-0.25, -0.2) is 0 Å². The zero-order valence-corrected chi connectivity index (χ0v) is 8.05. The first-order valence-corrected chi connectivity index (χ1v) is 4.46. The molecule has 0 saturated carbocycles. The lowest BCUT2D eigenvalue weighted by molar-refractivity contribution is -0.117. The molecule has 0 aliphatic carbocycles. The fourth-order valence-electron chi connectivity index (χ4n) is 1.38. The maximum Gasteiger partial charge on any atom is 0.217 e. The predicted molar refractivity (Wildman–Crippen MR) is 50.2 cm³/mol. The first-order valence-electron chi connectivity index (χ1n) is 4.46. The largest absolute Gasteiger partial charge is 0.370 e. The summed E-state index contributed by atoms with van der Waals surface area (Å²) in [6.07, 6.45) is 1.98. The number of carbonyl (C=O) groups is 1. The molecule has 0 aliphatic heterocycles. The molecule has 0 unspecified atom stereocenters. The van der Waals surface area contributed by atoms with Crippen LogP contribution in [0.3, 0.4) is 0 Å². The maximum atomic E-state index is 10.6. The highest BCUT2D eigenvalue weighted by atomic mass is 16.1. The number of nitrogens with one attached hydrogen (secondary N) is 1. The Morgan fingerprint density at radius 2 is 2.31 bits per heavy atom. The second-order valence-corrected chi connectivity index (χ2v) is 3.09. The van der Waals surface area contributed by atoms with Crippen LogP contribution >= 0.6 is 0 Å². The molecule has 0 radical (unpaired) electrons. The number of hydrogen-bond donors (Lipinski definition) is 2. The lowest BCUT2D eigenvalue weighted by Crippen LogP contribution is -2.11. The number of nitrogens with zero attached hydrogens (tertiary/aromatic N) is 1. The SMILES string of the molecule is CCc1n[nH]c(C)c1CCC(N)=O. The molecule has 1 heterocycles. The van der Waals surface area contributed by atoms with Crippen molar-refractivity contribution < 1.29 is 4.79 Å². The zero-order valence-electron chi connectivity index (χ0n) is 8.05. The number of rotatable bonds is 4. The second kappa shape index (κ2) is 4.07. The van der Waals surface area contributed by atoms with Crippen LogP contribution in [0, 0.1) is 6.92 Å². The lowest BCUT2D eigenvalue weighted by atomic mass is 10.1. The summed E-state index contributed by atoms with van der Waals surface area (Å²) in [5, 5.41) is 7.04. The highest BCUT2D eigenvalue weighted by Gasteiger charge is 2.08. The van der Waals surface area contributed by atoms with E-state index in [1.807, 2.05) is 13.8 Å². The number of amides is 1. The molecule has 1 aromatic rings. The standard InChI is InChI=1S/C9H15N3O/c1-3-8-7(4-5-9(10)13)6(2)11-12-8/h3-5H2,1-2H3,(H2,10,13)(H,11,12).